The Morgan fingerprint density at radius 3 is 1.51 bits per heavy atom. The third-order valence-electron chi connectivity index (χ3n) is 7.39. The molecule has 0 spiro atoms. The lowest BCUT2D eigenvalue weighted by atomic mass is 10.0. The van der Waals surface area contributed by atoms with Crippen molar-refractivity contribution in [2.24, 2.45) is 0 Å². The van der Waals surface area contributed by atoms with E-state index in [2.05, 4.69) is 19.2 Å². The third kappa shape index (κ3) is 22.2. The summed E-state index contributed by atoms with van der Waals surface area (Å²) in [4.78, 5) is 12.3. The molecule has 1 aromatic rings. The van der Waals surface area contributed by atoms with Crippen molar-refractivity contribution in [3.8, 4) is 5.75 Å². The summed E-state index contributed by atoms with van der Waals surface area (Å²) < 4.78 is 5.83. The topological polar surface area (TPSA) is 38.3 Å². The predicted molar refractivity (Wildman–Crippen MR) is 163 cm³/mol. The van der Waals surface area contributed by atoms with Crippen LogP contribution in [0.5, 0.6) is 5.75 Å². The fourth-order valence-electron chi connectivity index (χ4n) is 4.97. The number of ether oxygens (including phenoxy) is 1. The summed E-state index contributed by atoms with van der Waals surface area (Å²) in [7, 11) is 0. The number of nitrogens with one attached hydrogen (secondary N) is 1. The Hall–Kier alpha value is -1.51. The molecule has 1 aromatic carbocycles. The van der Waals surface area contributed by atoms with Crippen LogP contribution in [0.25, 0.3) is 0 Å². The number of rotatable bonds is 27. The van der Waals surface area contributed by atoms with Crippen molar-refractivity contribution < 1.29 is 9.53 Å². The highest BCUT2D eigenvalue weighted by Gasteiger charge is 2.04. The van der Waals surface area contributed by atoms with Gasteiger partial charge in [0, 0.05) is 18.2 Å². The second-order valence-electron chi connectivity index (χ2n) is 11.1. The smallest absolute Gasteiger partial charge is 0.224 e. The van der Waals surface area contributed by atoms with Gasteiger partial charge in [0.15, 0.2) is 0 Å². The number of hydrogen-bond acceptors (Lipinski definition) is 2. The molecular weight excluding hydrogens is 454 g/mol. The molecule has 1 amide bonds. The Morgan fingerprint density at radius 2 is 1.03 bits per heavy atom. The SMILES string of the molecule is CCCCCCCCCCCCCCCCCCCCCC(=O)Nc1cccc(OCCCCCC)c1. The van der Waals surface area contributed by atoms with E-state index in [1.807, 2.05) is 24.3 Å². The van der Waals surface area contributed by atoms with E-state index in [1.54, 1.807) is 0 Å². The molecule has 37 heavy (non-hydrogen) atoms. The van der Waals surface area contributed by atoms with Crippen molar-refractivity contribution in [1.82, 2.24) is 0 Å². The van der Waals surface area contributed by atoms with Gasteiger partial charge in [-0.2, -0.15) is 0 Å². The van der Waals surface area contributed by atoms with E-state index < -0.39 is 0 Å². The number of unbranched alkanes of at least 4 members (excludes halogenated alkanes) is 21. The maximum Gasteiger partial charge on any atom is 0.224 e. The van der Waals surface area contributed by atoms with Crippen molar-refractivity contribution in [2.45, 2.75) is 168 Å². The van der Waals surface area contributed by atoms with E-state index in [1.165, 1.54) is 128 Å². The highest BCUT2D eigenvalue weighted by molar-refractivity contribution is 5.90. The van der Waals surface area contributed by atoms with Crippen LogP contribution in [-0.4, -0.2) is 12.5 Å². The van der Waals surface area contributed by atoms with Crippen molar-refractivity contribution in [1.29, 1.82) is 0 Å². The predicted octanol–water partition coefficient (Wildman–Crippen LogP) is 11.4. The first-order chi connectivity index (χ1) is 18.3. The third-order valence-corrected chi connectivity index (χ3v) is 7.39. The van der Waals surface area contributed by atoms with E-state index in [0.717, 1.165) is 37.3 Å². The first-order valence-corrected chi connectivity index (χ1v) is 16.3. The monoisotopic (exact) mass is 515 g/mol. The minimum atomic E-state index is 0.118. The van der Waals surface area contributed by atoms with Gasteiger partial charge in [-0.15, -0.1) is 0 Å². The van der Waals surface area contributed by atoms with Gasteiger partial charge in [-0.05, 0) is 25.0 Å². The molecule has 0 aromatic heterocycles. The molecule has 0 saturated carbocycles. The summed E-state index contributed by atoms with van der Waals surface area (Å²) >= 11 is 0. The molecule has 0 saturated heterocycles. The minimum absolute atomic E-state index is 0.118. The molecule has 0 unspecified atom stereocenters. The van der Waals surface area contributed by atoms with E-state index in [-0.39, 0.29) is 5.91 Å². The average Bonchev–Trinajstić information content (AvgIpc) is 2.90. The highest BCUT2D eigenvalue weighted by Crippen LogP contribution is 2.19. The van der Waals surface area contributed by atoms with Gasteiger partial charge in [-0.25, -0.2) is 0 Å². The van der Waals surface area contributed by atoms with Crippen molar-refractivity contribution in [3.63, 3.8) is 0 Å². The van der Waals surface area contributed by atoms with Crippen molar-refractivity contribution in [2.75, 3.05) is 11.9 Å². The number of benzene rings is 1. The Kier molecular flexibility index (Phi) is 23.7. The van der Waals surface area contributed by atoms with Gasteiger partial charge in [0.05, 0.1) is 6.61 Å². The van der Waals surface area contributed by atoms with Gasteiger partial charge >= 0.3 is 0 Å². The van der Waals surface area contributed by atoms with E-state index in [0.29, 0.717) is 6.42 Å². The van der Waals surface area contributed by atoms with Gasteiger partial charge < -0.3 is 10.1 Å². The lowest BCUT2D eigenvalue weighted by molar-refractivity contribution is -0.116. The molecule has 0 bridgehead atoms. The first-order valence-electron chi connectivity index (χ1n) is 16.3. The van der Waals surface area contributed by atoms with Crippen LogP contribution in [0.2, 0.25) is 0 Å². The van der Waals surface area contributed by atoms with Crippen LogP contribution in [-0.2, 0) is 4.79 Å². The summed E-state index contributed by atoms with van der Waals surface area (Å²) in [5.74, 6) is 0.963. The number of carbonyl (C=O) groups is 1. The van der Waals surface area contributed by atoms with Crippen LogP contribution in [0, 0.1) is 0 Å². The molecule has 0 radical (unpaired) electrons. The normalized spacial score (nSPS) is 11.1. The van der Waals surface area contributed by atoms with Gasteiger partial charge in [0.1, 0.15) is 5.75 Å². The lowest BCUT2D eigenvalue weighted by Crippen LogP contribution is -2.11. The van der Waals surface area contributed by atoms with Crippen LogP contribution in [0.4, 0.5) is 5.69 Å². The van der Waals surface area contributed by atoms with Gasteiger partial charge in [-0.3, -0.25) is 4.79 Å². The van der Waals surface area contributed by atoms with Gasteiger partial charge in [-0.1, -0.05) is 155 Å². The van der Waals surface area contributed by atoms with E-state index in [9.17, 15) is 4.79 Å². The molecule has 0 heterocycles. The Labute approximate surface area is 230 Å². The van der Waals surface area contributed by atoms with Crippen molar-refractivity contribution in [3.05, 3.63) is 24.3 Å². The zero-order chi connectivity index (χ0) is 26.7. The highest BCUT2D eigenvalue weighted by atomic mass is 16.5. The second kappa shape index (κ2) is 26.1. The minimum Gasteiger partial charge on any atom is -0.494 e. The number of amides is 1. The molecule has 0 atom stereocenters. The maximum absolute atomic E-state index is 12.3. The van der Waals surface area contributed by atoms with Gasteiger partial charge in [0.2, 0.25) is 5.91 Å². The summed E-state index contributed by atoms with van der Waals surface area (Å²) in [5.41, 5.74) is 0.842. The summed E-state index contributed by atoms with van der Waals surface area (Å²) in [6.45, 7) is 5.25. The average molecular weight is 516 g/mol. The molecule has 1 rings (SSSR count). The Balaban J connectivity index is 1.87. The second-order valence-corrected chi connectivity index (χ2v) is 11.1. The molecule has 0 aliphatic rings. The van der Waals surface area contributed by atoms with Crippen molar-refractivity contribution >= 4 is 11.6 Å². The Morgan fingerprint density at radius 1 is 0.595 bits per heavy atom. The molecule has 1 N–H and O–H groups in total. The molecule has 214 valence electrons. The quantitative estimate of drug-likeness (QED) is 0.118. The zero-order valence-corrected chi connectivity index (χ0v) is 24.8. The maximum atomic E-state index is 12.3. The fourth-order valence-corrected chi connectivity index (χ4v) is 4.97. The summed E-state index contributed by atoms with van der Waals surface area (Å²) in [6.07, 6.45) is 31.5. The van der Waals surface area contributed by atoms with E-state index >= 15 is 0 Å². The van der Waals surface area contributed by atoms with Crippen LogP contribution in [0.1, 0.15) is 168 Å². The number of anilines is 1. The zero-order valence-electron chi connectivity index (χ0n) is 24.8. The van der Waals surface area contributed by atoms with E-state index in [4.69, 9.17) is 4.74 Å². The van der Waals surface area contributed by atoms with Crippen LogP contribution >= 0.6 is 0 Å². The van der Waals surface area contributed by atoms with Gasteiger partial charge in [0.25, 0.3) is 0 Å². The molecule has 0 aliphatic carbocycles. The number of hydrogen-bond donors (Lipinski definition) is 1. The molecule has 0 fully saturated rings. The summed E-state index contributed by atoms with van der Waals surface area (Å²) in [5, 5.41) is 3.03. The standard InChI is InChI=1S/C34H61NO2/c1-3-5-7-9-10-11-12-13-14-15-16-17-18-19-20-21-22-23-24-29-34(36)35-32-27-26-28-33(31-32)37-30-25-8-6-4-2/h26-28,31H,3-25,29-30H2,1-2H3,(H,35,36). The molecule has 3 heteroatoms. The lowest BCUT2D eigenvalue weighted by Gasteiger charge is -2.09. The molecule has 3 nitrogen and oxygen atoms in total. The fraction of sp³-hybridized carbons (Fsp3) is 0.794. The van der Waals surface area contributed by atoms with Crippen LogP contribution in [0.15, 0.2) is 24.3 Å². The first kappa shape index (κ1) is 33.5. The van der Waals surface area contributed by atoms with Crippen LogP contribution < -0.4 is 10.1 Å². The molecular formula is C34H61NO2. The summed E-state index contributed by atoms with van der Waals surface area (Å²) in [6, 6.07) is 7.80. The molecule has 0 aliphatic heterocycles. The Bertz CT molecular complexity index is 630. The largest absolute Gasteiger partial charge is 0.494 e. The van der Waals surface area contributed by atoms with Crippen LogP contribution in [0.3, 0.4) is 0 Å². The number of carbonyl (C=O) groups excluding carboxylic acids is 1.